The highest BCUT2D eigenvalue weighted by molar-refractivity contribution is 6.39. The second-order valence-electron chi connectivity index (χ2n) is 7.56. The Morgan fingerprint density at radius 2 is 1.76 bits per heavy atom. The minimum atomic E-state index is -0.0863. The van der Waals surface area contributed by atoms with E-state index in [2.05, 4.69) is 12.0 Å². The number of hydrogen-bond donors (Lipinski definition) is 0. The van der Waals surface area contributed by atoms with Gasteiger partial charge in [-0.15, -0.1) is 0 Å². The van der Waals surface area contributed by atoms with E-state index in [1.165, 1.54) is 11.4 Å². The van der Waals surface area contributed by atoms with Gasteiger partial charge >= 0.3 is 0 Å². The van der Waals surface area contributed by atoms with Gasteiger partial charge in [-0.2, -0.15) is 5.10 Å². The highest BCUT2D eigenvalue weighted by Gasteiger charge is 2.33. The highest BCUT2D eigenvalue weighted by Crippen LogP contribution is 2.24. The maximum Gasteiger partial charge on any atom is 0.270 e. The summed E-state index contributed by atoms with van der Waals surface area (Å²) in [6.45, 7) is 5.13. The minimum Gasteiger partial charge on any atom is -0.342 e. The van der Waals surface area contributed by atoms with E-state index in [1.807, 2.05) is 4.90 Å². The smallest absolute Gasteiger partial charge is 0.270 e. The Bertz CT molecular complexity index is 581. The standard InChI is InChI=1S/C18H28N4O3/c1-13-4-3-9-22(12-13)17(24)14-7-10-21(11-8-14)18(25)15-5-6-16(23)20(2)19-15/h13-14H,3-12H2,1-2H3. The molecule has 3 aliphatic heterocycles. The van der Waals surface area contributed by atoms with E-state index in [-0.39, 0.29) is 23.6 Å². The van der Waals surface area contributed by atoms with Gasteiger partial charge in [0.15, 0.2) is 0 Å². The number of carbonyl (C=O) groups excluding carboxylic acids is 3. The molecule has 0 aliphatic carbocycles. The number of hydrogen-bond acceptors (Lipinski definition) is 4. The lowest BCUT2D eigenvalue weighted by Crippen LogP contribution is -2.48. The zero-order valence-electron chi connectivity index (χ0n) is 15.2. The summed E-state index contributed by atoms with van der Waals surface area (Å²) in [4.78, 5) is 40.6. The van der Waals surface area contributed by atoms with Crippen LogP contribution >= 0.6 is 0 Å². The third kappa shape index (κ3) is 4.02. The Balaban J connectivity index is 1.53. The van der Waals surface area contributed by atoms with Gasteiger partial charge in [-0.05, 0) is 31.6 Å². The molecule has 0 aromatic rings. The van der Waals surface area contributed by atoms with Crippen LogP contribution in [0.25, 0.3) is 0 Å². The molecule has 0 radical (unpaired) electrons. The molecule has 1 atom stereocenters. The molecular formula is C18H28N4O3. The quantitative estimate of drug-likeness (QED) is 0.750. The fourth-order valence-corrected chi connectivity index (χ4v) is 3.98. The van der Waals surface area contributed by atoms with Gasteiger partial charge in [0, 0.05) is 52.0 Å². The van der Waals surface area contributed by atoms with Gasteiger partial charge in [-0.25, -0.2) is 5.01 Å². The number of amides is 3. The molecule has 138 valence electrons. The van der Waals surface area contributed by atoms with E-state index in [0.29, 0.717) is 37.6 Å². The molecule has 3 aliphatic rings. The molecule has 1 unspecified atom stereocenters. The summed E-state index contributed by atoms with van der Waals surface area (Å²) >= 11 is 0. The van der Waals surface area contributed by atoms with Crippen LogP contribution in [0.1, 0.15) is 45.4 Å². The van der Waals surface area contributed by atoms with Gasteiger partial charge in [0.05, 0.1) is 0 Å². The van der Waals surface area contributed by atoms with Crippen molar-refractivity contribution in [3.05, 3.63) is 0 Å². The zero-order chi connectivity index (χ0) is 18.0. The number of likely N-dealkylation sites (tertiary alicyclic amines) is 2. The van der Waals surface area contributed by atoms with Gasteiger partial charge in [0.1, 0.15) is 5.71 Å². The molecule has 0 saturated carbocycles. The lowest BCUT2D eigenvalue weighted by atomic mass is 9.92. The molecule has 2 saturated heterocycles. The first-order chi connectivity index (χ1) is 12.0. The Morgan fingerprint density at radius 3 is 2.40 bits per heavy atom. The predicted octanol–water partition coefficient (Wildman–Crippen LogP) is 1.09. The second-order valence-corrected chi connectivity index (χ2v) is 7.56. The summed E-state index contributed by atoms with van der Waals surface area (Å²) in [7, 11) is 1.58. The molecule has 3 amide bonds. The van der Waals surface area contributed by atoms with Crippen molar-refractivity contribution in [1.29, 1.82) is 0 Å². The first kappa shape index (κ1) is 17.9. The Morgan fingerprint density at radius 1 is 1.04 bits per heavy atom. The first-order valence-electron chi connectivity index (χ1n) is 9.38. The average molecular weight is 348 g/mol. The summed E-state index contributed by atoms with van der Waals surface area (Å²) in [5.41, 5.74) is 0.455. The maximum atomic E-state index is 12.7. The molecule has 0 bridgehead atoms. The third-order valence-corrected chi connectivity index (χ3v) is 5.55. The van der Waals surface area contributed by atoms with Crippen LogP contribution in [0.2, 0.25) is 0 Å². The molecule has 7 heteroatoms. The van der Waals surface area contributed by atoms with E-state index in [1.54, 1.807) is 11.9 Å². The topological polar surface area (TPSA) is 73.3 Å². The van der Waals surface area contributed by atoms with Gasteiger partial charge in [0.2, 0.25) is 11.8 Å². The Labute approximate surface area is 149 Å². The lowest BCUT2D eigenvalue weighted by molar-refractivity contribution is -0.140. The number of hydrazone groups is 1. The van der Waals surface area contributed by atoms with E-state index in [0.717, 1.165) is 32.4 Å². The van der Waals surface area contributed by atoms with Gasteiger partial charge in [0.25, 0.3) is 5.91 Å². The number of nitrogens with zero attached hydrogens (tertiary/aromatic N) is 4. The maximum absolute atomic E-state index is 12.7. The highest BCUT2D eigenvalue weighted by atomic mass is 16.2. The molecule has 2 fully saturated rings. The van der Waals surface area contributed by atoms with Crippen LogP contribution in [-0.4, -0.2) is 71.5 Å². The predicted molar refractivity (Wildman–Crippen MR) is 93.7 cm³/mol. The largest absolute Gasteiger partial charge is 0.342 e. The van der Waals surface area contributed by atoms with Crippen LogP contribution in [0.4, 0.5) is 0 Å². The summed E-state index contributed by atoms with van der Waals surface area (Å²) in [5, 5.41) is 5.36. The summed E-state index contributed by atoms with van der Waals surface area (Å²) in [6.07, 6.45) is 4.48. The monoisotopic (exact) mass is 348 g/mol. The van der Waals surface area contributed by atoms with Gasteiger partial charge in [-0.3, -0.25) is 14.4 Å². The van der Waals surface area contributed by atoms with Crippen molar-refractivity contribution in [2.75, 3.05) is 33.2 Å². The van der Waals surface area contributed by atoms with Crippen molar-refractivity contribution < 1.29 is 14.4 Å². The van der Waals surface area contributed by atoms with Crippen LogP contribution in [0.3, 0.4) is 0 Å². The zero-order valence-corrected chi connectivity index (χ0v) is 15.2. The molecule has 0 aromatic carbocycles. The van der Waals surface area contributed by atoms with Crippen molar-refractivity contribution in [2.24, 2.45) is 16.9 Å². The SMILES string of the molecule is CC1CCCN(C(=O)C2CCN(C(=O)C3=NN(C)C(=O)CC3)CC2)C1. The molecule has 0 N–H and O–H groups in total. The Kier molecular flexibility index (Phi) is 5.39. The molecule has 7 nitrogen and oxygen atoms in total. The van der Waals surface area contributed by atoms with E-state index < -0.39 is 0 Å². The van der Waals surface area contributed by atoms with E-state index in [4.69, 9.17) is 0 Å². The summed E-state index contributed by atoms with van der Waals surface area (Å²) in [5.74, 6) is 0.739. The van der Waals surface area contributed by atoms with Gasteiger partial charge < -0.3 is 9.80 Å². The molecule has 25 heavy (non-hydrogen) atoms. The fraction of sp³-hybridized carbons (Fsp3) is 0.778. The van der Waals surface area contributed by atoms with Crippen LogP contribution in [-0.2, 0) is 14.4 Å². The van der Waals surface area contributed by atoms with Crippen molar-refractivity contribution >= 4 is 23.4 Å². The van der Waals surface area contributed by atoms with Crippen molar-refractivity contribution in [3.63, 3.8) is 0 Å². The summed E-state index contributed by atoms with van der Waals surface area (Å²) in [6, 6.07) is 0. The number of carbonyl (C=O) groups is 3. The number of rotatable bonds is 2. The van der Waals surface area contributed by atoms with E-state index in [9.17, 15) is 14.4 Å². The molecular weight excluding hydrogens is 320 g/mol. The number of piperidine rings is 2. The van der Waals surface area contributed by atoms with Crippen LogP contribution in [0, 0.1) is 11.8 Å². The normalized spacial score (nSPS) is 25.8. The minimum absolute atomic E-state index is 0.0342. The second kappa shape index (κ2) is 7.54. The average Bonchev–Trinajstić information content (AvgIpc) is 2.63. The third-order valence-electron chi connectivity index (χ3n) is 5.55. The van der Waals surface area contributed by atoms with Crippen molar-refractivity contribution in [1.82, 2.24) is 14.8 Å². The molecule has 3 rings (SSSR count). The van der Waals surface area contributed by atoms with Crippen molar-refractivity contribution in [3.8, 4) is 0 Å². The van der Waals surface area contributed by atoms with Crippen LogP contribution < -0.4 is 0 Å². The van der Waals surface area contributed by atoms with Crippen LogP contribution in [0.15, 0.2) is 5.10 Å². The Hall–Kier alpha value is -1.92. The van der Waals surface area contributed by atoms with Gasteiger partial charge in [-0.1, -0.05) is 6.92 Å². The molecule has 0 spiro atoms. The molecule has 3 heterocycles. The van der Waals surface area contributed by atoms with E-state index >= 15 is 0 Å². The molecule has 0 aromatic heterocycles. The first-order valence-corrected chi connectivity index (χ1v) is 9.38. The lowest BCUT2D eigenvalue weighted by Gasteiger charge is -2.37. The fourth-order valence-electron chi connectivity index (χ4n) is 3.98. The summed E-state index contributed by atoms with van der Waals surface area (Å²) < 4.78 is 0. The van der Waals surface area contributed by atoms with Crippen LogP contribution in [0.5, 0.6) is 0 Å². The van der Waals surface area contributed by atoms with Crippen molar-refractivity contribution in [2.45, 2.75) is 45.4 Å².